The lowest BCUT2D eigenvalue weighted by Crippen LogP contribution is -2.46. The van der Waals surface area contributed by atoms with Crippen molar-refractivity contribution in [1.29, 1.82) is 0 Å². The molecule has 6 aliphatic rings. The van der Waals surface area contributed by atoms with Gasteiger partial charge in [-0.1, -0.05) is 95.6 Å². The van der Waals surface area contributed by atoms with E-state index in [-0.39, 0.29) is 83.4 Å². The molecule has 18 heteroatoms. The lowest BCUT2D eigenvalue weighted by Gasteiger charge is -2.38. The van der Waals surface area contributed by atoms with Crippen LogP contribution in [0.5, 0.6) is 0 Å². The number of fused-ring (bicyclic) bond motifs is 3. The van der Waals surface area contributed by atoms with Crippen molar-refractivity contribution in [3.8, 4) is 0 Å². The first-order valence-electron chi connectivity index (χ1n) is 28.0. The number of carbonyl (C=O) groups is 3. The van der Waals surface area contributed by atoms with E-state index in [0.29, 0.717) is 89.6 Å². The van der Waals surface area contributed by atoms with Crippen molar-refractivity contribution in [2.24, 2.45) is 17.8 Å². The van der Waals surface area contributed by atoms with Crippen molar-refractivity contribution in [2.75, 3.05) is 37.6 Å². The maximum atomic E-state index is 14.2. The van der Waals surface area contributed by atoms with Crippen molar-refractivity contribution < 1.29 is 64.4 Å². The lowest BCUT2D eigenvalue weighted by molar-refractivity contribution is -0.118. The standard InChI is InChI=1S/2C19H23FO3S.C17H19FO3.C9H12O2S2/c2*1-4-24-17-10-19(18(9-16(17)21)22-11-23-19)13(3)8-14-6-5-12(2)7-15(14)20;1-11-3-4-13(15(18)7-11)8-12(2)17-6-5-14(19)9-16(17)20-10-21-17;1-3-12-13(10,11)9-6-4-8(2)5-7-9/h2*5-7,9,13,17H,4,8,10-11H2,1-3H3;3-4,7,9,12H,5-6,8,10H2,1-2H3;4-7H,3H2,1-2H3/t13-,17+,19+;13-,17-,19+;12-,17+;/m000./s1. The molecule has 0 saturated carbocycles. The third-order valence-electron chi connectivity index (χ3n) is 15.9. The molecule has 3 heterocycles. The summed E-state index contributed by atoms with van der Waals surface area (Å²) in [6.07, 6.45) is 8.60. The van der Waals surface area contributed by atoms with E-state index in [9.17, 15) is 36.0 Å². The van der Waals surface area contributed by atoms with Crippen molar-refractivity contribution in [1.82, 2.24) is 0 Å². The Kier molecular flexibility index (Phi) is 22.4. The van der Waals surface area contributed by atoms with Gasteiger partial charge in [-0.25, -0.2) is 21.6 Å². The Balaban J connectivity index is 0.000000161. The first-order valence-corrected chi connectivity index (χ1v) is 33.1. The zero-order valence-corrected chi connectivity index (χ0v) is 51.8. The number of ether oxygens (including phenoxy) is 6. The molecule has 0 amide bonds. The molecule has 3 aliphatic carbocycles. The normalized spacial score (nSPS) is 24.5. The van der Waals surface area contributed by atoms with E-state index in [0.717, 1.165) is 44.6 Å². The Hall–Kier alpha value is -4.82. The maximum Gasteiger partial charge on any atom is 0.229 e. The fourth-order valence-electron chi connectivity index (χ4n) is 11.3. The van der Waals surface area contributed by atoms with Gasteiger partial charge in [-0.2, -0.15) is 23.5 Å². The molecule has 0 N–H and O–H groups in total. The molecule has 4 aromatic rings. The largest absolute Gasteiger partial charge is 0.469 e. The third-order valence-corrected chi connectivity index (χ3v) is 21.8. The topological polar surface area (TPSA) is 141 Å². The number of hydrogen-bond donors (Lipinski definition) is 0. The molecule has 11 nitrogen and oxygen atoms in total. The number of thioether (sulfide) groups is 2. The first kappa shape index (κ1) is 64.7. The van der Waals surface area contributed by atoms with Gasteiger partial charge in [0, 0.05) is 43.2 Å². The highest BCUT2D eigenvalue weighted by Crippen LogP contribution is 2.49. The number of aryl methyl sites for hydroxylation is 4. The van der Waals surface area contributed by atoms with Gasteiger partial charge in [-0.3, -0.25) is 14.4 Å². The van der Waals surface area contributed by atoms with Gasteiger partial charge >= 0.3 is 0 Å². The van der Waals surface area contributed by atoms with Crippen LogP contribution >= 0.6 is 34.3 Å². The average Bonchev–Trinajstić information content (AvgIpc) is 4.33. The SMILES string of the molecule is CCSS(=O)(=O)c1ccc(C)cc1.CCS[C@@H]1C[C@]2([C@@H](C)Cc3ccc(C)cc3F)OCOC2=CC1=O.CCS[C@H]1C[C@]2([C@@H](C)Cc3ccc(C)cc3F)OCOC2=CC1=O.Cc1ccc(C[C@H](C)[C@]23CCC(=O)C=C2OCO3)c(F)c1. The first-order chi connectivity index (χ1) is 39.0. The average molecular weight is 1210 g/mol. The molecule has 0 unspecified atom stereocenters. The van der Waals surface area contributed by atoms with Gasteiger partial charge in [0.15, 0.2) is 37.7 Å². The maximum absolute atomic E-state index is 14.2. The quantitative estimate of drug-likeness (QED) is 0.0983. The van der Waals surface area contributed by atoms with Crippen molar-refractivity contribution >= 4 is 60.5 Å². The Morgan fingerprint density at radius 3 is 1.27 bits per heavy atom. The molecule has 0 spiro atoms. The summed E-state index contributed by atoms with van der Waals surface area (Å²) in [6, 6.07) is 22.8. The fraction of sp³-hybridized carbons (Fsp3) is 0.484. The van der Waals surface area contributed by atoms with Crippen molar-refractivity contribution in [3.63, 3.8) is 0 Å². The molecule has 8 atom stereocenters. The highest BCUT2D eigenvalue weighted by atomic mass is 33.1. The van der Waals surface area contributed by atoms with Crippen LogP contribution in [0.4, 0.5) is 13.2 Å². The molecule has 3 fully saturated rings. The Bertz CT molecular complexity index is 3030. The number of rotatable bonds is 16. The summed E-state index contributed by atoms with van der Waals surface area (Å²) in [5, 5.41) is -0.239. The van der Waals surface area contributed by atoms with E-state index in [4.69, 9.17) is 28.4 Å². The molecule has 10 rings (SSSR count). The predicted molar refractivity (Wildman–Crippen MR) is 319 cm³/mol. The Morgan fingerprint density at radius 2 is 0.890 bits per heavy atom. The minimum absolute atomic E-state index is 0.0107. The van der Waals surface area contributed by atoms with Crippen LogP contribution in [-0.2, 0) is 70.9 Å². The number of benzene rings is 4. The second-order valence-corrected chi connectivity index (χ2v) is 28.9. The molecular weight excluding hydrogens is 1130 g/mol. The van der Waals surface area contributed by atoms with Crippen molar-refractivity contribution in [3.05, 3.63) is 171 Å². The second-order valence-electron chi connectivity index (χ2n) is 21.8. The molecule has 3 aliphatic heterocycles. The summed E-state index contributed by atoms with van der Waals surface area (Å²) in [5.74, 6) is 3.91. The summed E-state index contributed by atoms with van der Waals surface area (Å²) in [7, 11) is -2.15. The predicted octanol–water partition coefficient (Wildman–Crippen LogP) is 13.8. The number of hydrogen-bond acceptors (Lipinski definition) is 14. The molecule has 0 bridgehead atoms. The number of allylic oxidation sites excluding steroid dienone is 3. The highest BCUT2D eigenvalue weighted by molar-refractivity contribution is 8.72. The van der Waals surface area contributed by atoms with E-state index < -0.39 is 25.7 Å². The third kappa shape index (κ3) is 15.2. The van der Waals surface area contributed by atoms with Gasteiger partial charge in [0.05, 0.1) is 15.4 Å². The monoisotopic (exact) mass is 1210 g/mol. The molecule has 82 heavy (non-hydrogen) atoms. The number of ketones is 3. The van der Waals surface area contributed by atoms with Crippen LogP contribution < -0.4 is 0 Å². The summed E-state index contributed by atoms with van der Waals surface area (Å²) in [6.45, 7) is 20.1. The zero-order valence-electron chi connectivity index (χ0n) is 48.6. The van der Waals surface area contributed by atoms with Crippen LogP contribution in [-0.4, -0.2) is 90.7 Å². The lowest BCUT2D eigenvalue weighted by atomic mass is 9.76. The van der Waals surface area contributed by atoms with Crippen LogP contribution in [0.15, 0.2) is 119 Å². The minimum atomic E-state index is -3.11. The molecule has 0 aromatic heterocycles. The summed E-state index contributed by atoms with van der Waals surface area (Å²) in [5.41, 5.74) is 3.99. The summed E-state index contributed by atoms with van der Waals surface area (Å²) >= 11 is 3.27. The van der Waals surface area contributed by atoms with Gasteiger partial charge in [0.1, 0.15) is 51.5 Å². The van der Waals surface area contributed by atoms with Gasteiger partial charge in [-0.15, -0.1) is 0 Å². The molecule has 0 radical (unpaired) electrons. The van der Waals surface area contributed by atoms with E-state index >= 15 is 0 Å². The van der Waals surface area contributed by atoms with E-state index in [1.165, 1.54) is 0 Å². The van der Waals surface area contributed by atoms with Crippen LogP contribution in [0.25, 0.3) is 0 Å². The Labute approximate surface area is 494 Å². The van der Waals surface area contributed by atoms with Crippen LogP contribution in [0.3, 0.4) is 0 Å². The van der Waals surface area contributed by atoms with E-state index in [1.807, 2.05) is 118 Å². The summed E-state index contributed by atoms with van der Waals surface area (Å²) in [4.78, 5) is 36.4. The second kappa shape index (κ2) is 28.4. The van der Waals surface area contributed by atoms with Crippen LogP contribution in [0.1, 0.15) is 106 Å². The number of carbonyl (C=O) groups excluding carboxylic acids is 3. The Morgan fingerprint density at radius 1 is 0.524 bits per heavy atom. The van der Waals surface area contributed by atoms with E-state index in [1.54, 1.807) is 72.1 Å². The molecular formula is C64H77F3O11S4. The highest BCUT2D eigenvalue weighted by Gasteiger charge is 2.54. The summed E-state index contributed by atoms with van der Waals surface area (Å²) < 4.78 is 99.9. The van der Waals surface area contributed by atoms with Crippen LogP contribution in [0.2, 0.25) is 0 Å². The van der Waals surface area contributed by atoms with Gasteiger partial charge in [-0.05, 0) is 157 Å². The molecule has 444 valence electrons. The van der Waals surface area contributed by atoms with Crippen molar-refractivity contribution in [2.45, 2.75) is 146 Å². The van der Waals surface area contributed by atoms with Gasteiger partial charge in [0.25, 0.3) is 0 Å². The molecule has 4 aromatic carbocycles. The zero-order chi connectivity index (χ0) is 59.6. The van der Waals surface area contributed by atoms with Crippen LogP contribution in [0, 0.1) is 62.9 Å². The minimum Gasteiger partial charge on any atom is -0.469 e. The molecule has 3 saturated heterocycles. The fourth-order valence-corrected chi connectivity index (χ4v) is 15.8. The van der Waals surface area contributed by atoms with Gasteiger partial charge in [0.2, 0.25) is 8.87 Å². The smallest absolute Gasteiger partial charge is 0.229 e. The van der Waals surface area contributed by atoms with Gasteiger partial charge < -0.3 is 28.4 Å². The van der Waals surface area contributed by atoms with E-state index in [2.05, 4.69) is 0 Å². The number of halogens is 3.